The van der Waals surface area contributed by atoms with Crippen molar-refractivity contribution in [3.05, 3.63) is 11.1 Å². The van der Waals surface area contributed by atoms with E-state index in [0.29, 0.717) is 0 Å². The molecule has 0 unspecified atom stereocenters. The Hall–Kier alpha value is -0.240. The second kappa shape index (κ2) is 9.90. The van der Waals surface area contributed by atoms with Crippen molar-refractivity contribution in [1.29, 1.82) is 0 Å². The Bertz CT molecular complexity index is 76.6. The van der Waals surface area contributed by atoms with Crippen LogP contribution in [0.2, 0.25) is 0 Å². The molecule has 0 radical (unpaired) electrons. The second-order valence-electron chi connectivity index (χ2n) is 0.929. The van der Waals surface area contributed by atoms with Crippen LogP contribution in [0.3, 0.4) is 0 Å². The van der Waals surface area contributed by atoms with Crippen molar-refractivity contribution in [2.24, 2.45) is 4.99 Å². The molecule has 0 spiro atoms. The first-order chi connectivity index (χ1) is 3.81. The number of hydrogen-bond acceptors (Lipinski definition) is 2. The summed E-state index contributed by atoms with van der Waals surface area (Å²) in [7, 11) is 0. The number of nitrogens with zero attached hydrogens (tertiary/aromatic N) is 1. The van der Waals surface area contributed by atoms with Crippen molar-refractivity contribution in [2.75, 3.05) is 0 Å². The van der Waals surface area contributed by atoms with Crippen LogP contribution in [0.1, 0.15) is 20.8 Å². The summed E-state index contributed by atoms with van der Waals surface area (Å²) in [6, 6.07) is 0. The molecule has 48 valence electrons. The molecule has 0 aliphatic rings. The van der Waals surface area contributed by atoms with Gasteiger partial charge >= 0.3 is 0 Å². The summed E-state index contributed by atoms with van der Waals surface area (Å²) in [5.41, 5.74) is 0.846. The Labute approximate surface area is 56.9 Å². The lowest BCUT2D eigenvalue weighted by Gasteiger charge is -1.78. The molecule has 0 rings (SSSR count). The highest BCUT2D eigenvalue weighted by atomic mass is 32.1. The zero-order valence-electron chi connectivity index (χ0n) is 5.68. The van der Waals surface area contributed by atoms with Gasteiger partial charge in [0.25, 0.3) is 0 Å². The van der Waals surface area contributed by atoms with Crippen LogP contribution in [0.15, 0.2) is 16.1 Å². The van der Waals surface area contributed by atoms with Gasteiger partial charge in [-0.05, 0) is 19.0 Å². The summed E-state index contributed by atoms with van der Waals surface area (Å²) in [4.78, 5) is 3.54. The van der Waals surface area contributed by atoms with E-state index in [1.54, 1.807) is 5.41 Å². The van der Waals surface area contributed by atoms with Gasteiger partial charge in [0.2, 0.25) is 0 Å². The molecule has 0 aliphatic carbocycles. The summed E-state index contributed by atoms with van der Waals surface area (Å²) in [6.07, 6.45) is 0. The standard InChI is InChI=1S/C4H7NS.C2H6/c1-4(3-6)5-2;1-2/h3,6H,2H2,1H3;1-2H3/b4-3-;. The lowest BCUT2D eigenvalue weighted by atomic mass is 10.6. The zero-order chi connectivity index (χ0) is 6.99. The molecule has 0 atom stereocenters. The first-order valence-corrected chi connectivity index (χ1v) is 3.10. The van der Waals surface area contributed by atoms with E-state index in [0.717, 1.165) is 5.70 Å². The van der Waals surface area contributed by atoms with E-state index in [1.165, 1.54) is 0 Å². The molecule has 2 heteroatoms. The molecule has 1 nitrogen and oxygen atoms in total. The summed E-state index contributed by atoms with van der Waals surface area (Å²) in [5.74, 6) is 0. The number of thiol groups is 1. The van der Waals surface area contributed by atoms with Gasteiger partial charge in [0.05, 0.1) is 0 Å². The van der Waals surface area contributed by atoms with Gasteiger partial charge in [-0.3, -0.25) is 4.99 Å². The molecular formula is C6H13NS. The minimum Gasteiger partial charge on any atom is -0.269 e. The fourth-order valence-electron chi connectivity index (χ4n) is 0.0408. The number of allylic oxidation sites excluding steroid dienone is 1. The van der Waals surface area contributed by atoms with Gasteiger partial charge < -0.3 is 0 Å². The topological polar surface area (TPSA) is 12.4 Å². The minimum atomic E-state index is 0.846. The predicted octanol–water partition coefficient (Wildman–Crippen LogP) is 2.50. The molecule has 0 aromatic carbocycles. The van der Waals surface area contributed by atoms with Gasteiger partial charge in [-0.1, -0.05) is 13.8 Å². The number of aliphatic imine (C=N–C) groups is 1. The molecule has 0 N–H and O–H groups in total. The molecule has 0 aliphatic heterocycles. The van der Waals surface area contributed by atoms with Gasteiger partial charge in [0.15, 0.2) is 0 Å². The van der Waals surface area contributed by atoms with Crippen LogP contribution < -0.4 is 0 Å². The first-order valence-electron chi connectivity index (χ1n) is 2.59. The molecular weight excluding hydrogens is 118 g/mol. The lowest BCUT2D eigenvalue weighted by molar-refractivity contribution is 1.35. The normalized spacial score (nSPS) is 9.25. The SMILES string of the molecule is C=N/C(C)=C\S.CC. The Morgan fingerprint density at radius 1 is 1.62 bits per heavy atom. The highest BCUT2D eigenvalue weighted by Gasteiger charge is 1.68. The predicted molar refractivity (Wildman–Crippen MR) is 43.6 cm³/mol. The molecule has 0 fully saturated rings. The Morgan fingerprint density at radius 3 is 2.00 bits per heavy atom. The minimum absolute atomic E-state index is 0.846. The smallest absolute Gasteiger partial charge is 0.0425 e. The fourth-order valence-corrected chi connectivity index (χ4v) is 0.122. The van der Waals surface area contributed by atoms with E-state index < -0.39 is 0 Å². The third-order valence-corrected chi connectivity index (χ3v) is 0.810. The van der Waals surface area contributed by atoms with Crippen LogP contribution in [-0.2, 0) is 0 Å². The fraction of sp³-hybridized carbons (Fsp3) is 0.500. The summed E-state index contributed by atoms with van der Waals surface area (Å²) in [6.45, 7) is 9.10. The van der Waals surface area contributed by atoms with Crippen LogP contribution >= 0.6 is 12.6 Å². The van der Waals surface area contributed by atoms with Crippen LogP contribution in [0.4, 0.5) is 0 Å². The molecule has 8 heavy (non-hydrogen) atoms. The lowest BCUT2D eigenvalue weighted by Crippen LogP contribution is -1.56. The van der Waals surface area contributed by atoms with Gasteiger partial charge in [0.1, 0.15) is 0 Å². The average molecular weight is 131 g/mol. The van der Waals surface area contributed by atoms with Crippen LogP contribution in [0.25, 0.3) is 0 Å². The maximum absolute atomic E-state index is 3.80. The van der Waals surface area contributed by atoms with E-state index in [1.807, 2.05) is 20.8 Å². The molecule has 0 bridgehead atoms. The van der Waals surface area contributed by atoms with Crippen LogP contribution in [0.5, 0.6) is 0 Å². The van der Waals surface area contributed by atoms with Crippen molar-refractivity contribution >= 4 is 19.3 Å². The molecule has 0 saturated carbocycles. The van der Waals surface area contributed by atoms with Crippen LogP contribution in [-0.4, -0.2) is 6.72 Å². The number of rotatable bonds is 1. The van der Waals surface area contributed by atoms with Crippen molar-refractivity contribution < 1.29 is 0 Å². The van der Waals surface area contributed by atoms with Crippen molar-refractivity contribution in [2.45, 2.75) is 20.8 Å². The summed E-state index contributed by atoms with van der Waals surface area (Å²) >= 11 is 3.80. The molecule has 0 amide bonds. The van der Waals surface area contributed by atoms with E-state index >= 15 is 0 Å². The van der Waals surface area contributed by atoms with Crippen molar-refractivity contribution in [1.82, 2.24) is 0 Å². The highest BCUT2D eigenvalue weighted by molar-refractivity contribution is 7.83. The number of hydrogen-bond donors (Lipinski definition) is 1. The van der Waals surface area contributed by atoms with E-state index in [2.05, 4.69) is 24.3 Å². The van der Waals surface area contributed by atoms with Gasteiger partial charge in [-0.25, -0.2) is 0 Å². The van der Waals surface area contributed by atoms with Gasteiger partial charge in [-0.15, -0.1) is 12.6 Å². The third kappa shape index (κ3) is 9.23. The van der Waals surface area contributed by atoms with E-state index in [4.69, 9.17) is 0 Å². The zero-order valence-corrected chi connectivity index (χ0v) is 6.57. The summed E-state index contributed by atoms with van der Waals surface area (Å²) in [5, 5.41) is 1.60. The maximum Gasteiger partial charge on any atom is 0.0425 e. The van der Waals surface area contributed by atoms with E-state index in [9.17, 15) is 0 Å². The van der Waals surface area contributed by atoms with Crippen LogP contribution in [0, 0.1) is 0 Å². The first kappa shape index (κ1) is 10.7. The van der Waals surface area contributed by atoms with Crippen molar-refractivity contribution in [3.8, 4) is 0 Å². The van der Waals surface area contributed by atoms with Gasteiger partial charge in [-0.2, -0.15) is 0 Å². The maximum atomic E-state index is 3.80. The quantitative estimate of drug-likeness (QED) is 0.414. The third-order valence-electron chi connectivity index (χ3n) is 0.436. The summed E-state index contributed by atoms with van der Waals surface area (Å²) < 4.78 is 0. The molecule has 0 aromatic rings. The van der Waals surface area contributed by atoms with Gasteiger partial charge in [0, 0.05) is 5.70 Å². The Kier molecular flexibility index (Phi) is 13.2. The molecule has 0 aromatic heterocycles. The monoisotopic (exact) mass is 131 g/mol. The Morgan fingerprint density at radius 2 is 2.00 bits per heavy atom. The second-order valence-corrected chi connectivity index (χ2v) is 1.19. The van der Waals surface area contributed by atoms with E-state index in [-0.39, 0.29) is 0 Å². The Balaban J connectivity index is 0. The molecule has 0 saturated heterocycles. The molecule has 0 heterocycles. The largest absolute Gasteiger partial charge is 0.269 e. The average Bonchev–Trinajstić information content (AvgIpc) is 1.91. The van der Waals surface area contributed by atoms with Crippen molar-refractivity contribution in [3.63, 3.8) is 0 Å². The highest BCUT2D eigenvalue weighted by Crippen LogP contribution is 1.91.